The zero-order valence-electron chi connectivity index (χ0n) is 8.01. The highest BCUT2D eigenvalue weighted by Gasteiger charge is 1.89. The fourth-order valence-electron chi connectivity index (χ4n) is 0.766. The molecule has 12 heavy (non-hydrogen) atoms. The molecule has 0 aliphatic heterocycles. The molecule has 0 heterocycles. The van der Waals surface area contributed by atoms with Gasteiger partial charge in [-0.3, -0.25) is 4.99 Å². The smallest absolute Gasteiger partial charge is 0.0361 e. The van der Waals surface area contributed by atoms with Crippen LogP contribution < -0.4 is 11.1 Å². The maximum absolute atomic E-state index is 5.34. The van der Waals surface area contributed by atoms with E-state index in [2.05, 4.69) is 16.4 Å². The first-order chi connectivity index (χ1) is 5.85. The normalized spacial score (nSPS) is 12.8. The largest absolute Gasteiger partial charge is 0.329 e. The lowest BCUT2D eigenvalue weighted by Gasteiger charge is -2.02. The maximum Gasteiger partial charge on any atom is 0.0361 e. The average molecular weight is 169 g/mol. The summed E-state index contributed by atoms with van der Waals surface area (Å²) in [5, 5.41) is 3.21. The summed E-state index contributed by atoms with van der Waals surface area (Å²) in [5.41, 5.74) is 6.55. The Kier molecular flexibility index (Phi) is 7.96. The molecule has 0 bridgehead atoms. The minimum absolute atomic E-state index is 0.682. The fraction of sp³-hybridized carbons (Fsp3) is 0.667. The Balaban J connectivity index is 3.62. The van der Waals surface area contributed by atoms with Crippen LogP contribution in [-0.2, 0) is 0 Å². The molecule has 0 radical (unpaired) electrons. The molecule has 0 saturated carbocycles. The predicted octanol–water partition coefficient (Wildman–Crippen LogP) is 0.572. The van der Waals surface area contributed by atoms with Crippen LogP contribution in [0.15, 0.2) is 16.6 Å². The number of hydrogen-bond acceptors (Lipinski definition) is 3. The van der Waals surface area contributed by atoms with Gasteiger partial charge in [0.05, 0.1) is 0 Å². The molecule has 3 heteroatoms. The van der Waals surface area contributed by atoms with Crippen LogP contribution in [0.4, 0.5) is 0 Å². The van der Waals surface area contributed by atoms with E-state index in [1.54, 1.807) is 0 Å². The first-order valence-electron chi connectivity index (χ1n) is 4.41. The van der Waals surface area contributed by atoms with Gasteiger partial charge in [0.1, 0.15) is 0 Å². The molecule has 0 saturated heterocycles. The summed E-state index contributed by atoms with van der Waals surface area (Å²) >= 11 is 0. The van der Waals surface area contributed by atoms with Gasteiger partial charge in [-0.05, 0) is 19.4 Å². The Morgan fingerprint density at radius 3 is 2.83 bits per heavy atom. The molecule has 0 aliphatic carbocycles. The number of rotatable bonds is 6. The third-order valence-electron chi connectivity index (χ3n) is 1.46. The summed E-state index contributed by atoms with van der Waals surface area (Å²) < 4.78 is 0. The Morgan fingerprint density at radius 2 is 2.33 bits per heavy atom. The Hall–Kier alpha value is -0.670. The minimum atomic E-state index is 0.682. The van der Waals surface area contributed by atoms with Crippen LogP contribution in [0, 0.1) is 0 Å². The van der Waals surface area contributed by atoms with Crippen molar-refractivity contribution in [3.05, 3.63) is 11.6 Å². The SMILES string of the molecule is C/C=C(\C=NCC)CNCCN. The monoisotopic (exact) mass is 169 g/mol. The van der Waals surface area contributed by atoms with Gasteiger partial charge in [0.2, 0.25) is 0 Å². The lowest BCUT2D eigenvalue weighted by Crippen LogP contribution is -2.24. The topological polar surface area (TPSA) is 50.4 Å². The van der Waals surface area contributed by atoms with Crippen LogP contribution in [0.25, 0.3) is 0 Å². The Morgan fingerprint density at radius 1 is 1.58 bits per heavy atom. The van der Waals surface area contributed by atoms with Crippen molar-refractivity contribution in [1.82, 2.24) is 5.32 Å². The van der Waals surface area contributed by atoms with E-state index >= 15 is 0 Å². The molecule has 0 aromatic carbocycles. The lowest BCUT2D eigenvalue weighted by atomic mass is 10.3. The number of nitrogens with one attached hydrogen (secondary N) is 1. The van der Waals surface area contributed by atoms with Crippen molar-refractivity contribution in [3.8, 4) is 0 Å². The van der Waals surface area contributed by atoms with Gasteiger partial charge in [-0.1, -0.05) is 6.08 Å². The van der Waals surface area contributed by atoms with Crippen molar-refractivity contribution >= 4 is 6.21 Å². The van der Waals surface area contributed by atoms with E-state index in [9.17, 15) is 0 Å². The number of nitrogens with zero attached hydrogens (tertiary/aromatic N) is 1. The summed E-state index contributed by atoms with van der Waals surface area (Å²) in [6.07, 6.45) is 3.96. The van der Waals surface area contributed by atoms with Crippen molar-refractivity contribution in [2.45, 2.75) is 13.8 Å². The molecule has 3 N–H and O–H groups in total. The van der Waals surface area contributed by atoms with Gasteiger partial charge in [0.15, 0.2) is 0 Å². The standard InChI is InChI=1S/C9H19N3/c1-3-9(7-11-4-2)8-12-6-5-10/h3,7,12H,4-6,8,10H2,1-2H3/b9-3+,11-7?. The van der Waals surface area contributed by atoms with Crippen LogP contribution in [0.3, 0.4) is 0 Å². The van der Waals surface area contributed by atoms with Gasteiger partial charge in [0.25, 0.3) is 0 Å². The molecule has 0 aromatic heterocycles. The lowest BCUT2D eigenvalue weighted by molar-refractivity contribution is 0.746. The zero-order chi connectivity index (χ0) is 9.23. The van der Waals surface area contributed by atoms with Crippen LogP contribution in [-0.4, -0.2) is 32.4 Å². The van der Waals surface area contributed by atoms with Gasteiger partial charge >= 0.3 is 0 Å². The minimum Gasteiger partial charge on any atom is -0.329 e. The number of aliphatic imine (C=N–C) groups is 1. The van der Waals surface area contributed by atoms with Crippen molar-refractivity contribution in [2.75, 3.05) is 26.2 Å². The first kappa shape index (κ1) is 11.3. The first-order valence-corrected chi connectivity index (χ1v) is 4.41. The van der Waals surface area contributed by atoms with Crippen molar-refractivity contribution in [1.29, 1.82) is 0 Å². The van der Waals surface area contributed by atoms with Crippen molar-refractivity contribution in [2.24, 2.45) is 10.7 Å². The van der Waals surface area contributed by atoms with E-state index in [-0.39, 0.29) is 0 Å². The molecule has 0 atom stereocenters. The second-order valence-corrected chi connectivity index (χ2v) is 2.46. The summed E-state index contributed by atoms with van der Waals surface area (Å²) in [6.45, 7) is 7.28. The fourth-order valence-corrected chi connectivity index (χ4v) is 0.766. The van der Waals surface area contributed by atoms with Crippen molar-refractivity contribution in [3.63, 3.8) is 0 Å². The molecule has 0 aliphatic rings. The van der Waals surface area contributed by atoms with Gasteiger partial charge in [-0.2, -0.15) is 0 Å². The summed E-state index contributed by atoms with van der Waals surface area (Å²) in [7, 11) is 0. The molecule has 3 nitrogen and oxygen atoms in total. The molecule has 0 unspecified atom stereocenters. The maximum atomic E-state index is 5.34. The summed E-state index contributed by atoms with van der Waals surface area (Å²) in [4.78, 5) is 4.16. The van der Waals surface area contributed by atoms with Gasteiger partial charge < -0.3 is 11.1 Å². The molecule has 0 fully saturated rings. The van der Waals surface area contributed by atoms with E-state index in [0.29, 0.717) is 6.54 Å². The molecule has 0 rings (SSSR count). The second-order valence-electron chi connectivity index (χ2n) is 2.46. The Labute approximate surface area is 74.8 Å². The highest BCUT2D eigenvalue weighted by atomic mass is 14.9. The van der Waals surface area contributed by atoms with Gasteiger partial charge in [-0.25, -0.2) is 0 Å². The highest BCUT2D eigenvalue weighted by Crippen LogP contribution is 1.87. The second kappa shape index (κ2) is 8.43. The van der Waals surface area contributed by atoms with Crippen LogP contribution in [0.1, 0.15) is 13.8 Å². The van der Waals surface area contributed by atoms with Gasteiger partial charge in [0, 0.05) is 32.4 Å². The quantitative estimate of drug-likeness (QED) is 0.451. The molecular weight excluding hydrogens is 150 g/mol. The van der Waals surface area contributed by atoms with Crippen molar-refractivity contribution < 1.29 is 0 Å². The summed E-state index contributed by atoms with van der Waals surface area (Å²) in [6, 6.07) is 0. The number of allylic oxidation sites excluding steroid dienone is 1. The van der Waals surface area contributed by atoms with E-state index < -0.39 is 0 Å². The van der Waals surface area contributed by atoms with E-state index in [0.717, 1.165) is 19.6 Å². The van der Waals surface area contributed by atoms with E-state index in [4.69, 9.17) is 5.73 Å². The van der Waals surface area contributed by atoms with E-state index in [1.165, 1.54) is 5.57 Å². The average Bonchev–Trinajstić information content (AvgIpc) is 2.11. The molecule has 0 amide bonds. The molecular formula is C9H19N3. The third kappa shape index (κ3) is 6.07. The summed E-state index contributed by atoms with van der Waals surface area (Å²) in [5.74, 6) is 0. The van der Waals surface area contributed by atoms with Crippen LogP contribution in [0.2, 0.25) is 0 Å². The Bertz CT molecular complexity index is 150. The molecule has 70 valence electrons. The predicted molar refractivity (Wildman–Crippen MR) is 54.7 cm³/mol. The van der Waals surface area contributed by atoms with Crippen LogP contribution >= 0.6 is 0 Å². The molecule has 0 aromatic rings. The number of nitrogens with two attached hydrogens (primary N) is 1. The van der Waals surface area contributed by atoms with E-state index in [1.807, 2.05) is 20.1 Å². The van der Waals surface area contributed by atoms with Gasteiger partial charge in [-0.15, -0.1) is 0 Å². The highest BCUT2D eigenvalue weighted by molar-refractivity contribution is 5.78. The van der Waals surface area contributed by atoms with Crippen LogP contribution in [0.5, 0.6) is 0 Å². The number of hydrogen-bond donors (Lipinski definition) is 2. The molecule has 0 spiro atoms. The zero-order valence-corrected chi connectivity index (χ0v) is 8.01. The third-order valence-corrected chi connectivity index (χ3v) is 1.46.